The van der Waals surface area contributed by atoms with E-state index >= 15 is 0 Å². The molecule has 5 rings (SSSR count). The number of hydrogen-bond acceptors (Lipinski definition) is 11. The Hall–Kier alpha value is -6.70. The number of nitrogens with one attached hydrogen (secondary N) is 2. The fourth-order valence-corrected chi connectivity index (χ4v) is 10.2. The molecular weight excluding hydrogens is 913 g/mol. The van der Waals surface area contributed by atoms with Crippen molar-refractivity contribution in [2.75, 3.05) is 57.5 Å². The smallest absolute Gasteiger partial charge is 0.407 e. The number of carbonyl (C=O) groups excluding carboxylic acids is 5. The molecule has 0 aliphatic heterocycles. The summed E-state index contributed by atoms with van der Waals surface area (Å²) in [5.41, 5.74) is 12.4. The van der Waals surface area contributed by atoms with Gasteiger partial charge in [-0.05, 0) is 153 Å². The maximum absolute atomic E-state index is 14.0. The number of rotatable bonds is 26. The van der Waals surface area contributed by atoms with Crippen molar-refractivity contribution in [2.24, 2.45) is 5.92 Å². The lowest BCUT2D eigenvalue weighted by Crippen LogP contribution is -2.41. The number of benzene rings is 2. The zero-order valence-electron chi connectivity index (χ0n) is 43.5. The van der Waals surface area contributed by atoms with Crippen molar-refractivity contribution in [1.82, 2.24) is 10.6 Å². The fourth-order valence-electron chi connectivity index (χ4n) is 10.2. The molecule has 14 heteroatoms. The van der Waals surface area contributed by atoms with Crippen LogP contribution < -0.4 is 15.5 Å². The first-order valence-corrected chi connectivity index (χ1v) is 25.7. The van der Waals surface area contributed by atoms with E-state index in [-0.39, 0.29) is 43.8 Å². The highest BCUT2D eigenvalue weighted by molar-refractivity contribution is 6.20. The summed E-state index contributed by atoms with van der Waals surface area (Å²) in [6.45, 7) is 22.3. The van der Waals surface area contributed by atoms with Crippen molar-refractivity contribution < 1.29 is 52.6 Å². The Morgan fingerprint density at radius 1 is 0.653 bits per heavy atom. The fraction of sp³-hybridized carbons (Fsp3) is 0.483. The number of aliphatic hydroxyl groups is 1. The zero-order chi connectivity index (χ0) is 52.2. The summed E-state index contributed by atoms with van der Waals surface area (Å²) in [5.74, 6) is -1.00. The number of Topliss-reactive ketones (excluding diaryl/α,β-unsaturated/α-hetero) is 1. The molecule has 2 amide bonds. The van der Waals surface area contributed by atoms with Crippen molar-refractivity contribution in [1.29, 1.82) is 0 Å². The predicted octanol–water partition coefficient (Wildman–Crippen LogP) is 10.5. The minimum Gasteiger partial charge on any atom is -0.507 e. The molecule has 72 heavy (non-hydrogen) atoms. The molecule has 0 radical (unpaired) electrons. The predicted molar refractivity (Wildman–Crippen MR) is 282 cm³/mol. The van der Waals surface area contributed by atoms with E-state index in [4.69, 9.17) is 18.9 Å². The number of aliphatic hydroxyl groups excluding tert-OH is 1. The van der Waals surface area contributed by atoms with Crippen LogP contribution in [0.4, 0.5) is 21.0 Å². The van der Waals surface area contributed by atoms with Crippen LogP contribution >= 0.6 is 0 Å². The molecule has 3 aliphatic carbocycles. The van der Waals surface area contributed by atoms with Crippen molar-refractivity contribution in [3.8, 4) is 0 Å². The molecule has 14 nitrogen and oxygen atoms in total. The Morgan fingerprint density at radius 2 is 1.14 bits per heavy atom. The summed E-state index contributed by atoms with van der Waals surface area (Å²) in [5, 5.41) is 16.7. The SMILES string of the molecule is C=CC(=O)OCCNC(=O)OCCCCCCN(c1c(C)cc(C)cc1C)C1CCC(C2=C(O)C(=C3C=CC(=[N+](CCCCCCOC(=O)NCCOC(=O)C=C)c4c(C)cc(C)cc4C)C=C3)C2=O)CC1. The van der Waals surface area contributed by atoms with Crippen molar-refractivity contribution in [3.05, 3.63) is 130 Å². The Bertz CT molecular complexity index is 2410. The standard InChI is InChI=1S/C58H76N4O10/c1-9-49(63)69-33-27-59-57(67)71-31-17-13-11-15-29-61(53-41(5)35-39(3)36-42(53)6)47-23-19-45(20-24-47)51-55(65)52(56(51)66)46-21-25-48(26-22-46)62(54-43(7)37-40(4)38-44(54)8)30-16-12-14-18-32-72-58(68)60-28-34-70-50(64)10-2/h9-10,19-20,23-24,35-38,46,48H,1-2,11-18,21-22,25-34H2,3-8H3,(H2-,59,60,65,66,67,68)/p+1. The van der Waals surface area contributed by atoms with Crippen LogP contribution in [-0.4, -0.2) is 104 Å². The van der Waals surface area contributed by atoms with Crippen molar-refractivity contribution in [3.63, 3.8) is 0 Å². The van der Waals surface area contributed by atoms with Gasteiger partial charge in [-0.2, -0.15) is 4.58 Å². The molecule has 0 unspecified atom stereocenters. The highest BCUT2D eigenvalue weighted by Gasteiger charge is 2.42. The van der Waals surface area contributed by atoms with Gasteiger partial charge in [-0.15, -0.1) is 0 Å². The van der Waals surface area contributed by atoms with E-state index in [9.17, 15) is 29.1 Å². The van der Waals surface area contributed by atoms with E-state index in [0.717, 1.165) is 114 Å². The summed E-state index contributed by atoms with van der Waals surface area (Å²) in [4.78, 5) is 62.8. The summed E-state index contributed by atoms with van der Waals surface area (Å²) in [6.07, 6.45) is 19.6. The second kappa shape index (κ2) is 28.4. The summed E-state index contributed by atoms with van der Waals surface area (Å²) in [7, 11) is 0. The lowest BCUT2D eigenvalue weighted by Gasteiger charge is -2.41. The molecule has 3 aliphatic rings. The monoisotopic (exact) mass is 990 g/mol. The highest BCUT2D eigenvalue weighted by Crippen LogP contribution is 2.44. The summed E-state index contributed by atoms with van der Waals surface area (Å²) >= 11 is 0. The number of nitrogens with zero attached hydrogens (tertiary/aromatic N) is 2. The molecule has 2 aromatic rings. The van der Waals surface area contributed by atoms with Crippen LogP contribution in [0.5, 0.6) is 0 Å². The van der Waals surface area contributed by atoms with E-state index in [0.29, 0.717) is 36.0 Å². The minimum absolute atomic E-state index is 0.00507. The van der Waals surface area contributed by atoms with Crippen LogP contribution in [-0.2, 0) is 33.3 Å². The van der Waals surface area contributed by atoms with Gasteiger partial charge in [-0.3, -0.25) is 4.79 Å². The van der Waals surface area contributed by atoms with Crippen LogP contribution in [0.2, 0.25) is 0 Å². The average molecular weight is 990 g/mol. The van der Waals surface area contributed by atoms with Crippen LogP contribution in [0.3, 0.4) is 0 Å². The average Bonchev–Trinajstić information content (AvgIpc) is 3.34. The number of carbonyl (C=O) groups is 5. The largest absolute Gasteiger partial charge is 0.507 e. The molecule has 1 saturated carbocycles. The minimum atomic E-state index is -0.545. The lowest BCUT2D eigenvalue weighted by molar-refractivity contribution is -0.440. The van der Waals surface area contributed by atoms with E-state index in [1.54, 1.807) is 0 Å². The normalized spacial score (nSPS) is 16.2. The number of aryl methyl sites for hydroxylation is 6. The number of allylic oxidation sites excluding steroid dienone is 7. The highest BCUT2D eigenvalue weighted by atomic mass is 16.6. The topological polar surface area (TPSA) is 173 Å². The molecule has 0 saturated heterocycles. The first-order chi connectivity index (χ1) is 34.6. The first kappa shape index (κ1) is 56.2. The van der Waals surface area contributed by atoms with E-state index in [2.05, 4.69) is 99.1 Å². The molecule has 0 aromatic heterocycles. The van der Waals surface area contributed by atoms with Gasteiger partial charge in [0.1, 0.15) is 25.5 Å². The zero-order valence-corrected chi connectivity index (χ0v) is 43.5. The quantitative estimate of drug-likeness (QED) is 0.0269. The molecule has 0 atom stereocenters. The second-order valence-electron chi connectivity index (χ2n) is 19.1. The van der Waals surface area contributed by atoms with Crippen LogP contribution in [0, 0.1) is 47.5 Å². The van der Waals surface area contributed by atoms with E-state index in [1.165, 1.54) is 39.1 Å². The molecule has 388 valence electrons. The molecule has 0 heterocycles. The maximum Gasteiger partial charge on any atom is 0.407 e. The number of anilines is 1. The van der Waals surface area contributed by atoms with E-state index < -0.39 is 24.1 Å². The van der Waals surface area contributed by atoms with Gasteiger partial charge < -0.3 is 39.6 Å². The van der Waals surface area contributed by atoms with Gasteiger partial charge in [-0.1, -0.05) is 42.8 Å². The van der Waals surface area contributed by atoms with Gasteiger partial charge in [-0.25, -0.2) is 19.2 Å². The number of ketones is 1. The molecule has 0 bridgehead atoms. The number of ether oxygens (including phenoxy) is 4. The Morgan fingerprint density at radius 3 is 1.64 bits per heavy atom. The second-order valence-corrected chi connectivity index (χ2v) is 19.1. The Kier molecular flexibility index (Phi) is 22.1. The number of hydrogen-bond donors (Lipinski definition) is 3. The van der Waals surface area contributed by atoms with Gasteiger partial charge in [0.25, 0.3) is 0 Å². The van der Waals surface area contributed by atoms with E-state index in [1.807, 2.05) is 24.3 Å². The van der Waals surface area contributed by atoms with Crippen molar-refractivity contribution in [2.45, 2.75) is 125 Å². The molecule has 3 N–H and O–H groups in total. The van der Waals surface area contributed by atoms with Gasteiger partial charge in [0.2, 0.25) is 11.4 Å². The van der Waals surface area contributed by atoms with Crippen LogP contribution in [0.25, 0.3) is 0 Å². The molecule has 1 fully saturated rings. The van der Waals surface area contributed by atoms with Crippen molar-refractivity contribution >= 4 is 47.0 Å². The first-order valence-electron chi connectivity index (χ1n) is 25.7. The number of amides is 2. The maximum atomic E-state index is 14.0. The van der Waals surface area contributed by atoms with Crippen LogP contribution in [0.1, 0.15) is 110 Å². The molecule has 2 aromatic carbocycles. The number of esters is 2. The number of unbranched alkanes of at least 4 members (excludes halogenated alkanes) is 6. The Labute approximate surface area is 426 Å². The van der Waals surface area contributed by atoms with Gasteiger partial charge >= 0.3 is 24.1 Å². The van der Waals surface area contributed by atoms with Crippen LogP contribution in [0.15, 0.2) is 96.4 Å². The third-order valence-electron chi connectivity index (χ3n) is 13.4. The third kappa shape index (κ3) is 16.2. The lowest BCUT2D eigenvalue weighted by atomic mass is 9.71. The molecular formula is C58H77N4O10+. The third-order valence-corrected chi connectivity index (χ3v) is 13.4. The summed E-state index contributed by atoms with van der Waals surface area (Å²) in [6, 6.07) is 9.20. The number of alkyl carbamates (subject to hydrolysis) is 2. The van der Waals surface area contributed by atoms with Gasteiger partial charge in [0.15, 0.2) is 5.78 Å². The summed E-state index contributed by atoms with van der Waals surface area (Å²) < 4.78 is 22.6. The van der Waals surface area contributed by atoms with Gasteiger partial charge in [0.05, 0.1) is 31.9 Å². The van der Waals surface area contributed by atoms with Gasteiger partial charge in [0, 0.05) is 65.7 Å². The Balaban J connectivity index is 1.16. The molecule has 0 spiro atoms.